The third kappa shape index (κ3) is 3.15. The lowest BCUT2D eigenvalue weighted by Gasteiger charge is -2.11. The van der Waals surface area contributed by atoms with E-state index in [1.165, 1.54) is 24.9 Å². The molecule has 17 heavy (non-hydrogen) atoms. The fraction of sp³-hybridized carbons (Fsp3) is 0.400. The molecule has 0 saturated carbocycles. The fourth-order valence-electron chi connectivity index (χ4n) is 1.34. The van der Waals surface area contributed by atoms with Gasteiger partial charge < -0.3 is 9.47 Å². The summed E-state index contributed by atoms with van der Waals surface area (Å²) in [6.45, 7) is -0.0187. The predicted molar refractivity (Wildman–Crippen MR) is 66.9 cm³/mol. The number of hydrogen-bond acceptors (Lipinski definition) is 4. The van der Waals surface area contributed by atoms with Crippen molar-refractivity contribution in [3.8, 4) is 0 Å². The van der Waals surface area contributed by atoms with Crippen LogP contribution >= 0.6 is 15.9 Å². The quantitative estimate of drug-likeness (QED) is 0.798. The standard InChI is InChI=1S/C10H13BrN2O4/c1-16-6-12-8(3-4-11)5-9(14)13(7-17-2)10(12)15/h3-5H,6-7H2,1-2H3/b4-3+. The number of rotatable bonds is 5. The maximum atomic E-state index is 12.0. The van der Waals surface area contributed by atoms with Crippen molar-refractivity contribution in [2.45, 2.75) is 13.5 Å². The van der Waals surface area contributed by atoms with E-state index < -0.39 is 11.2 Å². The molecular weight excluding hydrogens is 292 g/mol. The minimum atomic E-state index is -0.471. The summed E-state index contributed by atoms with van der Waals surface area (Å²) in [5.41, 5.74) is -0.419. The number of nitrogens with zero attached hydrogens (tertiary/aromatic N) is 2. The minimum absolute atomic E-state index is 0.0650. The van der Waals surface area contributed by atoms with Crippen molar-refractivity contribution in [1.82, 2.24) is 9.13 Å². The Morgan fingerprint density at radius 1 is 1.24 bits per heavy atom. The van der Waals surface area contributed by atoms with Crippen molar-refractivity contribution in [3.05, 3.63) is 37.6 Å². The third-order valence-corrected chi connectivity index (χ3v) is 2.33. The summed E-state index contributed by atoms with van der Waals surface area (Å²) in [4.78, 5) is 25.2. The van der Waals surface area contributed by atoms with Gasteiger partial charge in [0.25, 0.3) is 5.56 Å². The second-order valence-electron chi connectivity index (χ2n) is 3.17. The first-order chi connectivity index (χ1) is 8.15. The molecule has 1 aromatic heterocycles. The molecule has 6 nitrogen and oxygen atoms in total. The van der Waals surface area contributed by atoms with Crippen molar-refractivity contribution < 1.29 is 9.47 Å². The van der Waals surface area contributed by atoms with Crippen molar-refractivity contribution >= 4 is 22.0 Å². The second kappa shape index (κ2) is 6.53. The molecule has 0 unspecified atom stereocenters. The molecule has 1 rings (SSSR count). The van der Waals surface area contributed by atoms with E-state index in [2.05, 4.69) is 15.9 Å². The second-order valence-corrected chi connectivity index (χ2v) is 3.70. The predicted octanol–water partition coefficient (Wildman–Crippen LogP) is 0.583. The van der Waals surface area contributed by atoms with Crippen LogP contribution in [-0.2, 0) is 22.9 Å². The first kappa shape index (κ1) is 13.9. The molecule has 0 atom stereocenters. The van der Waals surface area contributed by atoms with Gasteiger partial charge in [-0.3, -0.25) is 9.36 Å². The third-order valence-electron chi connectivity index (χ3n) is 2.06. The monoisotopic (exact) mass is 304 g/mol. The Morgan fingerprint density at radius 3 is 2.35 bits per heavy atom. The number of ether oxygens (including phenoxy) is 2. The molecule has 1 heterocycles. The zero-order valence-electron chi connectivity index (χ0n) is 9.55. The van der Waals surface area contributed by atoms with Crippen LogP contribution in [-0.4, -0.2) is 23.4 Å². The van der Waals surface area contributed by atoms with Gasteiger partial charge in [-0.1, -0.05) is 15.9 Å². The van der Waals surface area contributed by atoms with Crippen LogP contribution in [0.4, 0.5) is 0 Å². The van der Waals surface area contributed by atoms with Crippen LogP contribution < -0.4 is 11.2 Å². The van der Waals surface area contributed by atoms with E-state index in [-0.39, 0.29) is 13.5 Å². The van der Waals surface area contributed by atoms with Crippen LogP contribution in [0, 0.1) is 0 Å². The Kier molecular flexibility index (Phi) is 5.33. The topological polar surface area (TPSA) is 62.5 Å². The molecule has 0 saturated heterocycles. The highest BCUT2D eigenvalue weighted by molar-refractivity contribution is 9.11. The van der Waals surface area contributed by atoms with Gasteiger partial charge in [0.05, 0.1) is 5.69 Å². The summed E-state index contributed by atoms with van der Waals surface area (Å²) >= 11 is 3.10. The van der Waals surface area contributed by atoms with E-state index in [4.69, 9.17) is 9.47 Å². The number of aromatic nitrogens is 2. The van der Waals surface area contributed by atoms with Crippen LogP contribution in [0.5, 0.6) is 0 Å². The molecule has 7 heteroatoms. The smallest absolute Gasteiger partial charge is 0.335 e. The lowest BCUT2D eigenvalue weighted by molar-refractivity contribution is 0.105. The summed E-state index contributed by atoms with van der Waals surface area (Å²) in [5.74, 6) is 0. The molecule has 0 bridgehead atoms. The molecular formula is C10H13BrN2O4. The van der Waals surface area contributed by atoms with Crippen LogP contribution in [0.2, 0.25) is 0 Å². The summed E-state index contributed by atoms with van der Waals surface area (Å²) in [6.07, 6.45) is 1.60. The average Bonchev–Trinajstić information content (AvgIpc) is 2.30. The van der Waals surface area contributed by atoms with Gasteiger partial charge in [0, 0.05) is 20.3 Å². The average molecular weight is 305 g/mol. The van der Waals surface area contributed by atoms with Crippen LogP contribution in [0.1, 0.15) is 5.69 Å². The normalized spacial score (nSPS) is 11.2. The van der Waals surface area contributed by atoms with Gasteiger partial charge in [-0.05, 0) is 11.1 Å². The van der Waals surface area contributed by atoms with Crippen molar-refractivity contribution in [3.63, 3.8) is 0 Å². The molecule has 0 aliphatic rings. The van der Waals surface area contributed by atoms with Gasteiger partial charge in [-0.2, -0.15) is 0 Å². The van der Waals surface area contributed by atoms with Crippen molar-refractivity contribution in [2.24, 2.45) is 0 Å². The van der Waals surface area contributed by atoms with E-state index in [9.17, 15) is 9.59 Å². The zero-order valence-corrected chi connectivity index (χ0v) is 11.1. The lowest BCUT2D eigenvalue weighted by atomic mass is 10.4. The molecule has 0 fully saturated rings. The molecule has 0 amide bonds. The first-order valence-corrected chi connectivity index (χ1v) is 5.66. The Bertz CT molecular complexity index is 518. The highest BCUT2D eigenvalue weighted by Crippen LogP contribution is 1.99. The van der Waals surface area contributed by atoms with Gasteiger partial charge >= 0.3 is 5.69 Å². The molecule has 0 spiro atoms. The maximum Gasteiger partial charge on any atom is 0.335 e. The summed E-state index contributed by atoms with van der Waals surface area (Å²) in [7, 11) is 2.89. The molecule has 1 aromatic rings. The fourth-order valence-corrected chi connectivity index (χ4v) is 1.61. The van der Waals surface area contributed by atoms with Gasteiger partial charge in [-0.25, -0.2) is 9.36 Å². The van der Waals surface area contributed by atoms with E-state index in [1.807, 2.05) is 0 Å². The van der Waals surface area contributed by atoms with E-state index in [0.29, 0.717) is 5.69 Å². The highest BCUT2D eigenvalue weighted by Gasteiger charge is 2.09. The Labute approximate surface area is 106 Å². The molecule has 0 radical (unpaired) electrons. The van der Waals surface area contributed by atoms with Crippen LogP contribution in [0.3, 0.4) is 0 Å². The molecule has 0 aliphatic heterocycles. The van der Waals surface area contributed by atoms with E-state index in [1.54, 1.807) is 11.1 Å². The largest absolute Gasteiger partial charge is 0.364 e. The van der Waals surface area contributed by atoms with Crippen molar-refractivity contribution in [1.29, 1.82) is 0 Å². The van der Waals surface area contributed by atoms with E-state index >= 15 is 0 Å². The lowest BCUT2D eigenvalue weighted by Crippen LogP contribution is -2.41. The Morgan fingerprint density at radius 2 is 1.82 bits per heavy atom. The number of halogens is 1. The zero-order chi connectivity index (χ0) is 12.8. The summed E-state index contributed by atoms with van der Waals surface area (Å²) in [5, 5.41) is 0. The Balaban J connectivity index is 3.46. The molecule has 0 aliphatic carbocycles. The highest BCUT2D eigenvalue weighted by atomic mass is 79.9. The van der Waals surface area contributed by atoms with Gasteiger partial charge in [0.2, 0.25) is 0 Å². The number of hydrogen-bond donors (Lipinski definition) is 0. The first-order valence-electron chi connectivity index (χ1n) is 4.75. The van der Waals surface area contributed by atoms with E-state index in [0.717, 1.165) is 4.57 Å². The Hall–Kier alpha value is -1.18. The molecule has 0 N–H and O–H groups in total. The summed E-state index contributed by atoms with van der Waals surface area (Å²) in [6, 6.07) is 1.34. The van der Waals surface area contributed by atoms with Gasteiger partial charge in [0.15, 0.2) is 0 Å². The number of methoxy groups -OCH3 is 2. The van der Waals surface area contributed by atoms with Gasteiger partial charge in [0.1, 0.15) is 13.5 Å². The SMILES string of the molecule is COCn1c(/C=C/Br)cc(=O)n(COC)c1=O. The van der Waals surface area contributed by atoms with Crippen molar-refractivity contribution in [2.75, 3.05) is 14.2 Å². The minimum Gasteiger partial charge on any atom is -0.364 e. The maximum absolute atomic E-state index is 12.0. The van der Waals surface area contributed by atoms with Crippen LogP contribution in [0.25, 0.3) is 6.08 Å². The summed E-state index contributed by atoms with van der Waals surface area (Å²) < 4.78 is 12.1. The van der Waals surface area contributed by atoms with Crippen LogP contribution in [0.15, 0.2) is 20.6 Å². The molecule has 94 valence electrons. The molecule has 0 aromatic carbocycles. The van der Waals surface area contributed by atoms with Gasteiger partial charge in [-0.15, -0.1) is 0 Å².